The molecule has 1 N–H and O–H groups in total. The Labute approximate surface area is 159 Å². The lowest BCUT2D eigenvalue weighted by Crippen LogP contribution is -2.30. The maximum Gasteiger partial charge on any atom is 0.339 e. The van der Waals surface area contributed by atoms with Crippen molar-refractivity contribution in [3.63, 3.8) is 0 Å². The van der Waals surface area contributed by atoms with Crippen LogP contribution in [0.3, 0.4) is 0 Å². The van der Waals surface area contributed by atoms with Gasteiger partial charge in [-0.2, -0.15) is 0 Å². The highest BCUT2D eigenvalue weighted by atomic mass is 32.2. The largest absolute Gasteiger partial charge is 0.449 e. The van der Waals surface area contributed by atoms with Crippen LogP contribution in [-0.2, 0) is 19.4 Å². The molecule has 0 aromatic heterocycles. The Morgan fingerprint density at radius 2 is 1.71 bits per heavy atom. The van der Waals surface area contributed by atoms with Gasteiger partial charge in [0.15, 0.2) is 33.4 Å². The molecule has 0 unspecified atom stereocenters. The predicted octanol–water partition coefficient (Wildman–Crippen LogP) is 3.00. The molecular formula is C18H16F3NO5S. The number of rotatable bonds is 5. The second kappa shape index (κ2) is 8.01. The number of ether oxygens (including phenoxy) is 1. The molecule has 0 saturated carbocycles. The van der Waals surface area contributed by atoms with E-state index in [4.69, 9.17) is 4.74 Å². The van der Waals surface area contributed by atoms with Gasteiger partial charge in [-0.25, -0.2) is 26.4 Å². The van der Waals surface area contributed by atoms with Crippen LogP contribution >= 0.6 is 0 Å². The maximum absolute atomic E-state index is 13.6. The molecule has 150 valence electrons. The Bertz CT molecular complexity index is 1050. The second-order valence-corrected chi connectivity index (χ2v) is 8.02. The molecular weight excluding hydrogens is 399 g/mol. The van der Waals surface area contributed by atoms with Gasteiger partial charge in [0.25, 0.3) is 5.91 Å². The lowest BCUT2D eigenvalue weighted by molar-refractivity contribution is -0.123. The van der Waals surface area contributed by atoms with Gasteiger partial charge in [-0.05, 0) is 43.7 Å². The molecule has 0 heterocycles. The molecule has 0 radical (unpaired) electrons. The highest BCUT2D eigenvalue weighted by Gasteiger charge is 2.23. The Balaban J connectivity index is 2.16. The van der Waals surface area contributed by atoms with E-state index >= 15 is 0 Å². The van der Waals surface area contributed by atoms with Gasteiger partial charge in [0.05, 0.1) is 16.1 Å². The number of benzene rings is 2. The zero-order valence-corrected chi connectivity index (χ0v) is 15.9. The molecule has 1 amide bonds. The number of hydrogen-bond donors (Lipinski definition) is 1. The first-order valence-corrected chi connectivity index (χ1v) is 9.77. The monoisotopic (exact) mass is 415 g/mol. The molecule has 1 atom stereocenters. The van der Waals surface area contributed by atoms with Crippen molar-refractivity contribution >= 4 is 27.4 Å². The fraction of sp³-hybridized carbons (Fsp3) is 0.222. The van der Waals surface area contributed by atoms with Gasteiger partial charge in [0.1, 0.15) is 0 Å². The maximum atomic E-state index is 13.6. The molecule has 2 aromatic rings. The summed E-state index contributed by atoms with van der Waals surface area (Å²) < 4.78 is 68.0. The van der Waals surface area contributed by atoms with Crippen LogP contribution in [0.5, 0.6) is 0 Å². The Morgan fingerprint density at radius 1 is 1.07 bits per heavy atom. The van der Waals surface area contributed by atoms with E-state index in [9.17, 15) is 31.2 Å². The third-order valence-electron chi connectivity index (χ3n) is 3.80. The molecule has 0 saturated heterocycles. The zero-order chi connectivity index (χ0) is 21.2. The summed E-state index contributed by atoms with van der Waals surface area (Å²) in [4.78, 5) is 24.3. The average molecular weight is 415 g/mol. The SMILES string of the molecule is Cc1ccc(S(C)(=O)=O)cc1C(=O)O[C@H](C)C(=O)Nc1ccc(F)c(F)c1F. The van der Waals surface area contributed by atoms with Crippen molar-refractivity contribution in [3.05, 3.63) is 58.9 Å². The summed E-state index contributed by atoms with van der Waals surface area (Å²) in [5.41, 5.74) is -0.278. The summed E-state index contributed by atoms with van der Waals surface area (Å²) in [6.07, 6.45) is -0.458. The molecule has 0 spiro atoms. The van der Waals surface area contributed by atoms with E-state index in [1.54, 1.807) is 6.92 Å². The minimum Gasteiger partial charge on any atom is -0.449 e. The molecule has 0 aliphatic heterocycles. The molecule has 2 aromatic carbocycles. The molecule has 28 heavy (non-hydrogen) atoms. The standard InChI is InChI=1S/C18H16F3NO5S/c1-9-4-5-11(28(3,25)26)8-12(9)18(24)27-10(2)17(23)22-14-7-6-13(19)15(20)16(14)21/h4-8,10H,1-3H3,(H,22,23)/t10-/m1/s1. The van der Waals surface area contributed by atoms with Gasteiger partial charge in [0, 0.05) is 6.26 Å². The summed E-state index contributed by atoms with van der Waals surface area (Å²) in [7, 11) is -3.57. The number of sulfone groups is 1. The average Bonchev–Trinajstić information content (AvgIpc) is 2.61. The smallest absolute Gasteiger partial charge is 0.339 e. The Morgan fingerprint density at radius 3 is 2.32 bits per heavy atom. The van der Waals surface area contributed by atoms with Crippen molar-refractivity contribution in [3.8, 4) is 0 Å². The number of aryl methyl sites for hydroxylation is 1. The Hall–Kier alpha value is -2.88. The summed E-state index contributed by atoms with van der Waals surface area (Å²) in [5, 5.41) is 1.99. The van der Waals surface area contributed by atoms with Crippen molar-refractivity contribution in [2.45, 2.75) is 24.8 Å². The van der Waals surface area contributed by atoms with Crippen molar-refractivity contribution < 1.29 is 35.9 Å². The van der Waals surface area contributed by atoms with Gasteiger partial charge in [0.2, 0.25) is 0 Å². The molecule has 0 fully saturated rings. The van der Waals surface area contributed by atoms with E-state index in [1.165, 1.54) is 19.1 Å². The Kier molecular flexibility index (Phi) is 6.13. The zero-order valence-electron chi connectivity index (χ0n) is 15.0. The third kappa shape index (κ3) is 4.69. The number of amides is 1. The fourth-order valence-electron chi connectivity index (χ4n) is 2.19. The first-order chi connectivity index (χ1) is 12.9. The quantitative estimate of drug-likeness (QED) is 0.599. The summed E-state index contributed by atoms with van der Waals surface area (Å²) in [5.74, 6) is -6.73. The minimum absolute atomic E-state index is 0.0680. The first kappa shape index (κ1) is 21.4. The highest BCUT2D eigenvalue weighted by molar-refractivity contribution is 7.90. The molecule has 10 heteroatoms. The van der Waals surface area contributed by atoms with Crippen LogP contribution in [0.2, 0.25) is 0 Å². The number of carbonyl (C=O) groups is 2. The van der Waals surface area contributed by atoms with Gasteiger partial charge < -0.3 is 10.1 Å². The lowest BCUT2D eigenvalue weighted by Gasteiger charge is -2.15. The summed E-state index contributed by atoms with van der Waals surface area (Å²) in [6.45, 7) is 2.73. The number of halogens is 3. The van der Waals surface area contributed by atoms with Crippen LogP contribution in [0.25, 0.3) is 0 Å². The van der Waals surface area contributed by atoms with Crippen LogP contribution in [-0.4, -0.2) is 32.7 Å². The van der Waals surface area contributed by atoms with Gasteiger partial charge in [-0.1, -0.05) is 6.07 Å². The van der Waals surface area contributed by atoms with E-state index in [1.807, 2.05) is 5.32 Å². The molecule has 6 nitrogen and oxygen atoms in total. The molecule has 0 aliphatic rings. The second-order valence-electron chi connectivity index (χ2n) is 6.01. The van der Waals surface area contributed by atoms with Crippen LogP contribution in [0, 0.1) is 24.4 Å². The fourth-order valence-corrected chi connectivity index (χ4v) is 2.83. The van der Waals surface area contributed by atoms with Gasteiger partial charge >= 0.3 is 5.97 Å². The number of hydrogen-bond acceptors (Lipinski definition) is 5. The third-order valence-corrected chi connectivity index (χ3v) is 4.91. The lowest BCUT2D eigenvalue weighted by atomic mass is 10.1. The summed E-state index contributed by atoms with van der Waals surface area (Å²) in [6, 6.07) is 5.30. The van der Waals surface area contributed by atoms with Crippen LogP contribution in [0.1, 0.15) is 22.8 Å². The first-order valence-electron chi connectivity index (χ1n) is 7.88. The number of carbonyl (C=O) groups excluding carboxylic acids is 2. The number of anilines is 1. The van der Waals surface area contributed by atoms with Crippen LogP contribution in [0.4, 0.5) is 18.9 Å². The molecule has 0 aliphatic carbocycles. The minimum atomic E-state index is -3.57. The van der Waals surface area contributed by atoms with E-state index in [0.717, 1.165) is 18.4 Å². The van der Waals surface area contributed by atoms with E-state index in [2.05, 4.69) is 0 Å². The predicted molar refractivity (Wildman–Crippen MR) is 94.1 cm³/mol. The topological polar surface area (TPSA) is 89.5 Å². The van der Waals surface area contributed by atoms with Gasteiger partial charge in [-0.3, -0.25) is 4.79 Å². The van der Waals surface area contributed by atoms with Crippen molar-refractivity contribution in [2.24, 2.45) is 0 Å². The van der Waals surface area contributed by atoms with E-state index < -0.39 is 51.0 Å². The normalized spacial score (nSPS) is 12.4. The van der Waals surface area contributed by atoms with Crippen LogP contribution < -0.4 is 5.32 Å². The number of nitrogens with one attached hydrogen (secondary N) is 1. The number of esters is 1. The van der Waals surface area contributed by atoms with E-state index in [-0.39, 0.29) is 10.5 Å². The van der Waals surface area contributed by atoms with Crippen molar-refractivity contribution in [1.29, 1.82) is 0 Å². The van der Waals surface area contributed by atoms with Crippen molar-refractivity contribution in [2.75, 3.05) is 11.6 Å². The van der Waals surface area contributed by atoms with Gasteiger partial charge in [-0.15, -0.1) is 0 Å². The highest BCUT2D eigenvalue weighted by Crippen LogP contribution is 2.21. The van der Waals surface area contributed by atoms with Crippen molar-refractivity contribution in [1.82, 2.24) is 0 Å². The molecule has 0 bridgehead atoms. The molecule has 2 rings (SSSR count). The van der Waals surface area contributed by atoms with E-state index in [0.29, 0.717) is 11.6 Å². The summed E-state index contributed by atoms with van der Waals surface area (Å²) >= 11 is 0. The van der Waals surface area contributed by atoms with Crippen LogP contribution in [0.15, 0.2) is 35.2 Å².